The van der Waals surface area contributed by atoms with E-state index in [1.54, 1.807) is 43.1 Å². The smallest absolute Gasteiger partial charge is 0.353 e. The first-order valence-electron chi connectivity index (χ1n) is 20.2. The Hall–Kier alpha value is -5.71. The number of nitrogens with zero attached hydrogens (tertiary/aromatic N) is 5. The van der Waals surface area contributed by atoms with E-state index in [4.69, 9.17) is 23.2 Å². The lowest BCUT2D eigenvalue weighted by Gasteiger charge is -2.37. The van der Waals surface area contributed by atoms with Gasteiger partial charge in [0.05, 0.1) is 9.82 Å². The van der Waals surface area contributed by atoms with Crippen LogP contribution in [-0.4, -0.2) is 92.5 Å². The lowest BCUT2D eigenvalue weighted by molar-refractivity contribution is -0.384. The number of aromatic nitrogens is 1. The van der Waals surface area contributed by atoms with Crippen LogP contribution in [0.1, 0.15) is 16.9 Å². The van der Waals surface area contributed by atoms with E-state index in [0.717, 1.165) is 46.4 Å². The minimum Gasteiger partial charge on any atom is -0.477 e. The molecule has 5 aromatic carbocycles. The standard InChI is InChI=1S/C46H47Cl2N7O6S2/c1-51(2)23-22-35(30-62-38-10-5-4-6-11-38)49-40-21-20-39(29-41(40)55(58)59)63(60,61)50-34-16-18-36(19-17-34)53-24-26-54(27-25-53)37-9-7-8-32(28-37)42-43(31-12-14-33(47)15-13-31)45(48)52(3)44(42)46(56)57/h4-21,28-29,35,49-50H,22-27,30H2,1-3H3,(H,56,57). The summed E-state index contributed by atoms with van der Waals surface area (Å²) < 4.78 is 31.2. The molecular weight excluding hydrogens is 882 g/mol. The van der Waals surface area contributed by atoms with Crippen molar-refractivity contribution in [1.29, 1.82) is 0 Å². The van der Waals surface area contributed by atoms with Gasteiger partial charge in [-0.3, -0.25) is 14.8 Å². The van der Waals surface area contributed by atoms with Gasteiger partial charge < -0.3 is 29.7 Å². The van der Waals surface area contributed by atoms with Crippen molar-refractivity contribution in [3.8, 4) is 22.3 Å². The number of hydrogen-bond acceptors (Lipinski definition) is 10. The van der Waals surface area contributed by atoms with E-state index >= 15 is 0 Å². The second kappa shape index (κ2) is 19.8. The largest absolute Gasteiger partial charge is 0.477 e. The van der Waals surface area contributed by atoms with Gasteiger partial charge in [-0.2, -0.15) is 0 Å². The number of piperazine rings is 1. The van der Waals surface area contributed by atoms with Gasteiger partial charge in [-0.05, 0) is 111 Å². The maximum Gasteiger partial charge on any atom is 0.353 e. The van der Waals surface area contributed by atoms with Crippen LogP contribution in [0, 0.1) is 10.1 Å². The highest BCUT2D eigenvalue weighted by molar-refractivity contribution is 7.99. The molecule has 328 valence electrons. The van der Waals surface area contributed by atoms with Crippen LogP contribution in [0.3, 0.4) is 0 Å². The Bertz CT molecular complexity index is 2690. The second-order valence-corrected chi connectivity index (χ2v) is 19.0. The molecule has 7 rings (SSSR count). The zero-order valence-electron chi connectivity index (χ0n) is 34.9. The first-order valence-corrected chi connectivity index (χ1v) is 23.4. The maximum absolute atomic E-state index is 13.6. The third-order valence-corrected chi connectivity index (χ3v) is 14.1. The molecule has 17 heteroatoms. The fraction of sp³-hybridized carbons (Fsp3) is 0.239. The van der Waals surface area contributed by atoms with E-state index in [1.807, 2.05) is 93.0 Å². The van der Waals surface area contributed by atoms with Gasteiger partial charge in [0.25, 0.3) is 15.7 Å². The van der Waals surface area contributed by atoms with Gasteiger partial charge >= 0.3 is 5.97 Å². The average molecular weight is 929 g/mol. The monoisotopic (exact) mass is 927 g/mol. The van der Waals surface area contributed by atoms with Gasteiger partial charge in [-0.25, -0.2) is 13.2 Å². The zero-order valence-corrected chi connectivity index (χ0v) is 38.0. The van der Waals surface area contributed by atoms with E-state index in [1.165, 1.54) is 16.7 Å². The number of thioether (sulfide) groups is 1. The number of carboxylic acid groups (broad SMARTS) is 1. The number of nitro groups is 1. The molecule has 63 heavy (non-hydrogen) atoms. The summed E-state index contributed by atoms with van der Waals surface area (Å²) in [6.45, 7) is 3.46. The number of carbonyl (C=O) groups is 1. The lowest BCUT2D eigenvalue weighted by Crippen LogP contribution is -2.46. The highest BCUT2D eigenvalue weighted by Gasteiger charge is 2.28. The minimum atomic E-state index is -4.17. The third-order valence-electron chi connectivity index (χ3n) is 10.9. The fourth-order valence-electron chi connectivity index (χ4n) is 7.60. The van der Waals surface area contributed by atoms with Crippen molar-refractivity contribution < 1.29 is 23.2 Å². The molecule has 0 spiro atoms. The Morgan fingerprint density at radius 3 is 2.14 bits per heavy atom. The summed E-state index contributed by atoms with van der Waals surface area (Å²) in [5.74, 6) is -0.432. The number of halogens is 2. The van der Waals surface area contributed by atoms with E-state index in [9.17, 15) is 28.4 Å². The van der Waals surface area contributed by atoms with Crippen LogP contribution in [0.25, 0.3) is 22.3 Å². The van der Waals surface area contributed by atoms with Gasteiger partial charge in [0.1, 0.15) is 16.5 Å². The molecule has 13 nitrogen and oxygen atoms in total. The second-order valence-electron chi connectivity index (χ2n) is 15.4. The van der Waals surface area contributed by atoms with Crippen LogP contribution in [-0.2, 0) is 17.1 Å². The Morgan fingerprint density at radius 2 is 1.51 bits per heavy atom. The zero-order chi connectivity index (χ0) is 44.8. The molecule has 0 saturated carbocycles. The van der Waals surface area contributed by atoms with Gasteiger partial charge in [0.2, 0.25) is 0 Å². The lowest BCUT2D eigenvalue weighted by atomic mass is 9.96. The number of benzene rings is 5. The summed E-state index contributed by atoms with van der Waals surface area (Å²) in [6.07, 6.45) is 0.722. The molecule has 3 N–H and O–H groups in total. The van der Waals surface area contributed by atoms with Crippen molar-refractivity contribution in [2.24, 2.45) is 7.05 Å². The molecule has 1 unspecified atom stereocenters. The van der Waals surface area contributed by atoms with Crippen LogP contribution in [0.2, 0.25) is 10.2 Å². The molecule has 2 heterocycles. The first kappa shape index (κ1) is 45.3. The number of aromatic carboxylic acids is 1. The van der Waals surface area contributed by atoms with Crippen LogP contribution < -0.4 is 19.8 Å². The summed E-state index contributed by atoms with van der Waals surface area (Å²) in [5.41, 5.74) is 4.78. The van der Waals surface area contributed by atoms with Crippen LogP contribution >= 0.6 is 35.0 Å². The molecule has 1 saturated heterocycles. The molecule has 1 fully saturated rings. The van der Waals surface area contributed by atoms with Crippen molar-refractivity contribution in [3.63, 3.8) is 0 Å². The molecule has 0 radical (unpaired) electrons. The Kier molecular flexibility index (Phi) is 14.2. The maximum atomic E-state index is 13.6. The number of carboxylic acids is 1. The molecule has 1 aromatic heterocycles. The van der Waals surface area contributed by atoms with Crippen molar-refractivity contribution >= 4 is 79.4 Å². The van der Waals surface area contributed by atoms with E-state index in [2.05, 4.69) is 24.7 Å². The molecular formula is C46H47Cl2N7O6S2. The quantitative estimate of drug-likeness (QED) is 0.0455. The number of nitrogens with one attached hydrogen (secondary N) is 2. The van der Waals surface area contributed by atoms with Crippen LogP contribution in [0.5, 0.6) is 0 Å². The molecule has 0 bridgehead atoms. The first-order chi connectivity index (χ1) is 30.2. The molecule has 1 atom stereocenters. The number of anilines is 4. The van der Waals surface area contributed by atoms with Crippen molar-refractivity contribution in [1.82, 2.24) is 9.47 Å². The van der Waals surface area contributed by atoms with Crippen LogP contribution in [0.15, 0.2) is 131 Å². The van der Waals surface area contributed by atoms with Gasteiger partial charge in [-0.15, -0.1) is 11.8 Å². The molecule has 0 amide bonds. The Balaban J connectivity index is 1.01. The van der Waals surface area contributed by atoms with Crippen molar-refractivity contribution in [2.75, 3.05) is 72.4 Å². The summed E-state index contributed by atoms with van der Waals surface area (Å²) in [6, 6.07) is 35.7. The molecule has 6 aromatic rings. The van der Waals surface area contributed by atoms with E-state index in [0.29, 0.717) is 58.9 Å². The predicted molar refractivity (Wildman–Crippen MR) is 256 cm³/mol. The SMILES string of the molecule is CN(C)CCC(CSc1ccccc1)Nc1ccc(S(=O)(=O)Nc2ccc(N3CCN(c4cccc(-c5c(-c6ccc(Cl)cc6)c(Cl)n(C)c5C(=O)O)c4)CC3)cc2)cc1[N+](=O)[O-]. The molecule has 1 aliphatic rings. The molecule has 0 aliphatic carbocycles. The minimum absolute atomic E-state index is 0.0820. The van der Waals surface area contributed by atoms with Gasteiger partial charge in [-0.1, -0.05) is 65.7 Å². The highest BCUT2D eigenvalue weighted by atomic mass is 35.5. The Morgan fingerprint density at radius 1 is 0.841 bits per heavy atom. The van der Waals surface area contributed by atoms with Gasteiger partial charge in [0, 0.05) is 89.2 Å². The van der Waals surface area contributed by atoms with Gasteiger partial charge in [0.15, 0.2) is 0 Å². The van der Waals surface area contributed by atoms with Crippen molar-refractivity contribution in [3.05, 3.63) is 147 Å². The van der Waals surface area contributed by atoms with E-state index < -0.39 is 20.9 Å². The summed E-state index contributed by atoms with van der Waals surface area (Å²) in [5, 5.41) is 26.7. The number of rotatable bonds is 17. The van der Waals surface area contributed by atoms with Crippen LogP contribution in [0.4, 0.5) is 28.4 Å². The fourth-order valence-corrected chi connectivity index (χ4v) is 10.1. The van der Waals surface area contributed by atoms with E-state index in [-0.39, 0.29) is 28.0 Å². The topological polar surface area (TPSA) is 153 Å². The highest BCUT2D eigenvalue weighted by Crippen LogP contribution is 2.43. The number of nitro benzene ring substituents is 1. The number of sulfonamides is 1. The number of hydrogen-bond donors (Lipinski definition) is 3. The third kappa shape index (κ3) is 10.7. The molecule has 1 aliphatic heterocycles. The normalized spacial score (nSPS) is 13.6. The van der Waals surface area contributed by atoms with Crippen molar-refractivity contribution in [2.45, 2.75) is 22.3 Å². The summed E-state index contributed by atoms with van der Waals surface area (Å²) in [4.78, 5) is 31.6. The predicted octanol–water partition coefficient (Wildman–Crippen LogP) is 9.92. The summed E-state index contributed by atoms with van der Waals surface area (Å²) in [7, 11) is 1.41. The average Bonchev–Trinajstić information content (AvgIpc) is 3.54. The summed E-state index contributed by atoms with van der Waals surface area (Å²) >= 11 is 14.6. The Labute approximate surface area is 381 Å².